The lowest BCUT2D eigenvalue weighted by atomic mass is 9.89. The van der Waals surface area contributed by atoms with Gasteiger partial charge in [-0.25, -0.2) is 9.48 Å². The average molecular weight is 612 g/mol. The van der Waals surface area contributed by atoms with E-state index in [1.165, 1.54) is 5.56 Å². The highest BCUT2D eigenvalue weighted by molar-refractivity contribution is 6.30. The maximum absolute atomic E-state index is 13.1. The van der Waals surface area contributed by atoms with Crippen LogP contribution >= 0.6 is 11.6 Å². The van der Waals surface area contributed by atoms with Gasteiger partial charge in [-0.2, -0.15) is 5.10 Å². The summed E-state index contributed by atoms with van der Waals surface area (Å²) in [5.41, 5.74) is 5.72. The molecule has 4 aromatic rings. The highest BCUT2D eigenvalue weighted by Gasteiger charge is 2.27. The van der Waals surface area contributed by atoms with Crippen molar-refractivity contribution in [2.24, 2.45) is 5.92 Å². The molecule has 0 aliphatic carbocycles. The third-order valence-corrected chi connectivity index (χ3v) is 8.65. The number of hydrogen-bond acceptors (Lipinski definition) is 3. The molecule has 2 heterocycles. The Morgan fingerprint density at radius 1 is 0.932 bits per heavy atom. The quantitative estimate of drug-likeness (QED) is 0.220. The van der Waals surface area contributed by atoms with E-state index in [0.717, 1.165) is 60.5 Å². The van der Waals surface area contributed by atoms with E-state index in [0.29, 0.717) is 16.8 Å². The number of hydrogen-bond donors (Lipinski definition) is 2. The molecule has 0 bridgehead atoms. The fourth-order valence-electron chi connectivity index (χ4n) is 5.58. The number of urea groups is 1. The van der Waals surface area contributed by atoms with Gasteiger partial charge in [-0.05, 0) is 86.6 Å². The average Bonchev–Trinajstić information content (AvgIpc) is 3.43. The number of amides is 3. The molecule has 1 aliphatic heterocycles. The van der Waals surface area contributed by atoms with Crippen molar-refractivity contribution in [1.82, 2.24) is 14.7 Å². The second-order valence-electron chi connectivity index (χ2n) is 12.9. The van der Waals surface area contributed by atoms with Crippen LogP contribution in [-0.2, 0) is 16.6 Å². The van der Waals surface area contributed by atoms with Crippen molar-refractivity contribution in [3.05, 3.63) is 106 Å². The van der Waals surface area contributed by atoms with Gasteiger partial charge in [0.25, 0.3) is 0 Å². The van der Waals surface area contributed by atoms with E-state index in [9.17, 15) is 9.59 Å². The summed E-state index contributed by atoms with van der Waals surface area (Å²) in [6.07, 6.45) is 2.91. The SMILES string of the molecule is Cc1ccc(-n2nc(C(C)(C)C)cc2NC(=O)Nc2ccc(CC3CCN(C(=O)C(C)c4ccc(Cl)cc4)CC3)cc2)cc1. The number of carbonyl (C=O) groups excluding carboxylic acids is 2. The standard InChI is InChI=1S/C36H42ClN5O2/c1-24-6-16-31(17-7-24)42-33(23-32(40-42)36(3,4)5)39-35(44)38-30-14-8-26(9-15-30)22-27-18-20-41(21-19-27)34(43)25(2)28-10-12-29(37)13-11-28/h6-17,23,25,27H,18-22H2,1-5H3,(H2,38,39,44). The highest BCUT2D eigenvalue weighted by Crippen LogP contribution is 2.28. The Kier molecular flexibility index (Phi) is 9.45. The minimum absolute atomic E-state index is 0.166. The van der Waals surface area contributed by atoms with Gasteiger partial charge in [0.2, 0.25) is 5.91 Å². The van der Waals surface area contributed by atoms with Crippen LogP contribution in [0.2, 0.25) is 5.02 Å². The molecular formula is C36H42ClN5O2. The predicted octanol–water partition coefficient (Wildman–Crippen LogP) is 8.36. The first-order chi connectivity index (χ1) is 21.0. The number of carbonyl (C=O) groups is 2. The predicted molar refractivity (Wildman–Crippen MR) is 179 cm³/mol. The summed E-state index contributed by atoms with van der Waals surface area (Å²) in [6, 6.07) is 25.3. The van der Waals surface area contributed by atoms with E-state index in [4.69, 9.17) is 16.7 Å². The van der Waals surface area contributed by atoms with E-state index in [1.54, 1.807) is 4.68 Å². The van der Waals surface area contributed by atoms with Gasteiger partial charge < -0.3 is 10.2 Å². The van der Waals surface area contributed by atoms with Crippen LogP contribution < -0.4 is 10.6 Å². The van der Waals surface area contributed by atoms with Crippen LogP contribution in [0.4, 0.5) is 16.3 Å². The molecule has 1 aliphatic rings. The summed E-state index contributed by atoms with van der Waals surface area (Å²) in [4.78, 5) is 28.1. The van der Waals surface area contributed by atoms with Crippen LogP contribution in [0, 0.1) is 12.8 Å². The second-order valence-corrected chi connectivity index (χ2v) is 13.4. The number of anilines is 2. The van der Waals surface area contributed by atoms with Crippen LogP contribution in [0.15, 0.2) is 78.9 Å². The number of nitrogens with one attached hydrogen (secondary N) is 2. The first kappa shape index (κ1) is 31.3. The molecule has 0 spiro atoms. The maximum Gasteiger partial charge on any atom is 0.324 e. The Labute approximate surface area is 265 Å². The molecule has 230 valence electrons. The molecule has 0 saturated carbocycles. The van der Waals surface area contributed by atoms with Gasteiger partial charge >= 0.3 is 6.03 Å². The first-order valence-corrected chi connectivity index (χ1v) is 15.7. The number of halogens is 1. The number of aryl methyl sites for hydroxylation is 1. The highest BCUT2D eigenvalue weighted by atomic mass is 35.5. The van der Waals surface area contributed by atoms with Crippen LogP contribution in [0.25, 0.3) is 5.69 Å². The lowest BCUT2D eigenvalue weighted by Crippen LogP contribution is -2.40. The lowest BCUT2D eigenvalue weighted by molar-refractivity contribution is -0.133. The molecule has 3 aromatic carbocycles. The lowest BCUT2D eigenvalue weighted by Gasteiger charge is -2.34. The van der Waals surface area contributed by atoms with Crippen LogP contribution in [0.3, 0.4) is 0 Å². The third-order valence-electron chi connectivity index (χ3n) is 8.40. The van der Waals surface area contributed by atoms with Gasteiger partial charge in [0.1, 0.15) is 5.82 Å². The van der Waals surface area contributed by atoms with Gasteiger partial charge in [-0.1, -0.05) is 74.3 Å². The van der Waals surface area contributed by atoms with Gasteiger partial charge in [0.05, 0.1) is 17.3 Å². The number of likely N-dealkylation sites (tertiary alicyclic amines) is 1. The largest absolute Gasteiger partial charge is 0.342 e. The smallest absolute Gasteiger partial charge is 0.324 e. The van der Waals surface area contributed by atoms with Crippen molar-refractivity contribution < 1.29 is 9.59 Å². The Hall–Kier alpha value is -4.10. The Morgan fingerprint density at radius 2 is 1.57 bits per heavy atom. The molecular weight excluding hydrogens is 570 g/mol. The Bertz CT molecular complexity index is 1580. The summed E-state index contributed by atoms with van der Waals surface area (Å²) < 4.78 is 1.78. The zero-order valence-electron chi connectivity index (χ0n) is 26.2. The molecule has 8 heteroatoms. The van der Waals surface area contributed by atoms with E-state index < -0.39 is 0 Å². The van der Waals surface area contributed by atoms with Gasteiger partial charge in [0, 0.05) is 35.3 Å². The number of benzene rings is 3. The first-order valence-electron chi connectivity index (χ1n) is 15.3. The molecule has 0 radical (unpaired) electrons. The molecule has 1 atom stereocenters. The van der Waals surface area contributed by atoms with Crippen molar-refractivity contribution in [2.45, 2.75) is 65.2 Å². The molecule has 1 aromatic heterocycles. The zero-order valence-corrected chi connectivity index (χ0v) is 27.0. The van der Waals surface area contributed by atoms with Crippen LogP contribution in [0.1, 0.15) is 68.8 Å². The molecule has 2 N–H and O–H groups in total. The third kappa shape index (κ3) is 7.69. The van der Waals surface area contributed by atoms with Crippen molar-refractivity contribution in [3.8, 4) is 5.69 Å². The number of rotatable bonds is 7. The molecule has 5 rings (SSSR count). The summed E-state index contributed by atoms with van der Waals surface area (Å²) in [7, 11) is 0. The molecule has 7 nitrogen and oxygen atoms in total. The molecule has 1 saturated heterocycles. The van der Waals surface area contributed by atoms with Crippen LogP contribution in [-0.4, -0.2) is 39.7 Å². The van der Waals surface area contributed by atoms with Gasteiger partial charge in [0.15, 0.2) is 0 Å². The molecule has 1 unspecified atom stereocenters. The van der Waals surface area contributed by atoms with E-state index in [1.807, 2.05) is 85.5 Å². The van der Waals surface area contributed by atoms with Crippen molar-refractivity contribution in [3.63, 3.8) is 0 Å². The summed E-state index contributed by atoms with van der Waals surface area (Å²) >= 11 is 6.01. The normalized spacial score (nSPS) is 14.7. The number of aromatic nitrogens is 2. The second kappa shape index (κ2) is 13.3. The van der Waals surface area contributed by atoms with Crippen molar-refractivity contribution in [1.29, 1.82) is 0 Å². The fraction of sp³-hybridized carbons (Fsp3) is 0.361. The fourth-order valence-corrected chi connectivity index (χ4v) is 5.71. The van der Waals surface area contributed by atoms with Crippen LogP contribution in [0.5, 0.6) is 0 Å². The monoisotopic (exact) mass is 611 g/mol. The molecule has 1 fully saturated rings. The summed E-state index contributed by atoms with van der Waals surface area (Å²) in [6.45, 7) is 11.9. The Morgan fingerprint density at radius 3 is 2.18 bits per heavy atom. The van der Waals surface area contributed by atoms with Crippen molar-refractivity contribution >= 4 is 35.0 Å². The van der Waals surface area contributed by atoms with Gasteiger partial charge in [-0.15, -0.1) is 0 Å². The minimum atomic E-state index is -0.323. The van der Waals surface area contributed by atoms with Crippen molar-refractivity contribution in [2.75, 3.05) is 23.7 Å². The maximum atomic E-state index is 13.1. The molecule has 44 heavy (non-hydrogen) atoms. The number of piperidine rings is 1. The van der Waals surface area contributed by atoms with Gasteiger partial charge in [-0.3, -0.25) is 10.1 Å². The van der Waals surface area contributed by atoms with E-state index >= 15 is 0 Å². The van der Waals surface area contributed by atoms with E-state index in [-0.39, 0.29) is 23.3 Å². The number of nitrogens with zero attached hydrogens (tertiary/aromatic N) is 3. The molecule has 3 amide bonds. The Balaban J connectivity index is 1.14. The zero-order chi connectivity index (χ0) is 31.4. The minimum Gasteiger partial charge on any atom is -0.342 e. The van der Waals surface area contributed by atoms with E-state index in [2.05, 4.69) is 43.5 Å². The summed E-state index contributed by atoms with van der Waals surface area (Å²) in [5.74, 6) is 1.13. The topological polar surface area (TPSA) is 79.3 Å². The summed E-state index contributed by atoms with van der Waals surface area (Å²) in [5, 5.41) is 11.4.